The molecule has 1 aliphatic rings. The van der Waals surface area contributed by atoms with E-state index in [2.05, 4.69) is 0 Å². The van der Waals surface area contributed by atoms with Crippen molar-refractivity contribution in [2.75, 3.05) is 26.2 Å². The molecule has 1 heterocycles. The molecule has 24 heavy (non-hydrogen) atoms. The number of ether oxygens (including phenoxy) is 1. The summed E-state index contributed by atoms with van der Waals surface area (Å²) in [5.41, 5.74) is 0.105. The van der Waals surface area contributed by atoms with E-state index in [9.17, 15) is 14.0 Å². The van der Waals surface area contributed by atoms with Crippen LogP contribution in [0.5, 0.6) is 0 Å². The molecule has 6 heteroatoms. The van der Waals surface area contributed by atoms with E-state index in [0.717, 1.165) is 0 Å². The number of amides is 2. The molecular formula is C18H23FN2O3. The maximum atomic E-state index is 13.1. The van der Waals surface area contributed by atoms with Crippen molar-refractivity contribution in [1.29, 1.82) is 0 Å². The van der Waals surface area contributed by atoms with Gasteiger partial charge in [0.2, 0.25) is 5.91 Å². The van der Waals surface area contributed by atoms with Crippen LogP contribution in [0.15, 0.2) is 30.3 Å². The van der Waals surface area contributed by atoms with E-state index in [1.165, 1.54) is 18.2 Å². The Labute approximate surface area is 141 Å². The van der Waals surface area contributed by atoms with Crippen LogP contribution < -0.4 is 0 Å². The Hall–Kier alpha value is -2.37. The zero-order valence-corrected chi connectivity index (χ0v) is 14.3. The Morgan fingerprint density at radius 2 is 1.75 bits per heavy atom. The average molecular weight is 334 g/mol. The highest BCUT2D eigenvalue weighted by molar-refractivity contribution is 5.92. The first-order valence-corrected chi connectivity index (χ1v) is 7.95. The Morgan fingerprint density at radius 3 is 2.33 bits per heavy atom. The Balaban J connectivity index is 1.85. The van der Waals surface area contributed by atoms with Crippen molar-refractivity contribution < 1.29 is 18.7 Å². The lowest BCUT2D eigenvalue weighted by molar-refractivity contribution is -0.127. The maximum Gasteiger partial charge on any atom is 0.410 e. The molecule has 0 aliphatic carbocycles. The van der Waals surface area contributed by atoms with Gasteiger partial charge in [0, 0.05) is 32.3 Å². The summed E-state index contributed by atoms with van der Waals surface area (Å²) in [6.45, 7) is 7.24. The van der Waals surface area contributed by atoms with E-state index < -0.39 is 5.60 Å². The quantitative estimate of drug-likeness (QED) is 0.782. The molecule has 2 rings (SSSR count). The first-order valence-electron chi connectivity index (χ1n) is 7.95. The summed E-state index contributed by atoms with van der Waals surface area (Å²) in [7, 11) is 0. The number of piperazine rings is 1. The number of hydrogen-bond acceptors (Lipinski definition) is 3. The smallest absolute Gasteiger partial charge is 0.410 e. The van der Waals surface area contributed by atoms with Gasteiger partial charge >= 0.3 is 6.09 Å². The molecule has 0 unspecified atom stereocenters. The van der Waals surface area contributed by atoms with Gasteiger partial charge in [0.25, 0.3) is 0 Å². The molecule has 1 fully saturated rings. The molecule has 0 radical (unpaired) electrons. The predicted molar refractivity (Wildman–Crippen MR) is 89.8 cm³/mol. The highest BCUT2D eigenvalue weighted by Gasteiger charge is 2.26. The van der Waals surface area contributed by atoms with Gasteiger partial charge in [-0.1, -0.05) is 12.1 Å². The van der Waals surface area contributed by atoms with Crippen LogP contribution in [0.2, 0.25) is 0 Å². The van der Waals surface area contributed by atoms with Crippen molar-refractivity contribution in [3.8, 4) is 0 Å². The molecule has 1 saturated heterocycles. The molecule has 0 N–H and O–H groups in total. The fourth-order valence-corrected chi connectivity index (χ4v) is 2.32. The van der Waals surface area contributed by atoms with Gasteiger partial charge in [0.05, 0.1) is 0 Å². The standard InChI is InChI=1S/C18H23FN2O3/c1-18(2,3)24-17(23)21-11-9-20(10-12-21)16(22)8-7-14-5-4-6-15(19)13-14/h4-8,13H,9-12H2,1-3H3. The van der Waals surface area contributed by atoms with Gasteiger partial charge in [-0.25, -0.2) is 9.18 Å². The summed E-state index contributed by atoms with van der Waals surface area (Å²) in [4.78, 5) is 27.4. The van der Waals surface area contributed by atoms with Crippen LogP contribution in [0.3, 0.4) is 0 Å². The molecule has 0 saturated carbocycles. The van der Waals surface area contributed by atoms with Gasteiger partial charge in [0.1, 0.15) is 11.4 Å². The summed E-state index contributed by atoms with van der Waals surface area (Å²) in [5.74, 6) is -0.487. The van der Waals surface area contributed by atoms with Crippen LogP contribution in [-0.2, 0) is 9.53 Å². The minimum Gasteiger partial charge on any atom is -0.444 e. The van der Waals surface area contributed by atoms with Crippen molar-refractivity contribution in [3.63, 3.8) is 0 Å². The summed E-state index contributed by atoms with van der Waals surface area (Å²) in [6, 6.07) is 6.05. The van der Waals surface area contributed by atoms with E-state index in [1.807, 2.05) is 20.8 Å². The molecule has 130 valence electrons. The first-order chi connectivity index (χ1) is 11.2. The second kappa shape index (κ2) is 7.47. The van der Waals surface area contributed by atoms with Gasteiger partial charge < -0.3 is 14.5 Å². The van der Waals surface area contributed by atoms with E-state index >= 15 is 0 Å². The largest absolute Gasteiger partial charge is 0.444 e. The number of halogens is 1. The molecule has 1 aromatic carbocycles. The summed E-state index contributed by atoms with van der Waals surface area (Å²) in [5, 5.41) is 0. The average Bonchev–Trinajstić information content (AvgIpc) is 2.51. The molecule has 5 nitrogen and oxygen atoms in total. The molecule has 0 aromatic heterocycles. The zero-order valence-electron chi connectivity index (χ0n) is 14.3. The highest BCUT2D eigenvalue weighted by Crippen LogP contribution is 2.12. The topological polar surface area (TPSA) is 49.9 Å². The van der Waals surface area contributed by atoms with Gasteiger partial charge in [-0.05, 0) is 44.5 Å². The number of carbonyl (C=O) groups is 2. The van der Waals surface area contributed by atoms with Gasteiger partial charge in [-0.15, -0.1) is 0 Å². The zero-order chi connectivity index (χ0) is 17.7. The number of carbonyl (C=O) groups excluding carboxylic acids is 2. The molecule has 1 aromatic rings. The first kappa shape index (κ1) is 18.0. The maximum absolute atomic E-state index is 13.1. The van der Waals surface area contributed by atoms with Crippen LogP contribution in [0, 0.1) is 5.82 Å². The summed E-state index contributed by atoms with van der Waals surface area (Å²) < 4.78 is 18.4. The van der Waals surface area contributed by atoms with E-state index in [4.69, 9.17) is 4.74 Å². The molecule has 1 aliphatic heterocycles. The number of rotatable bonds is 2. The van der Waals surface area contributed by atoms with Crippen LogP contribution in [-0.4, -0.2) is 53.6 Å². The fraction of sp³-hybridized carbons (Fsp3) is 0.444. The van der Waals surface area contributed by atoms with Crippen LogP contribution in [0.25, 0.3) is 6.08 Å². The van der Waals surface area contributed by atoms with Gasteiger partial charge in [-0.3, -0.25) is 4.79 Å². The molecule has 0 spiro atoms. The number of hydrogen-bond donors (Lipinski definition) is 0. The van der Waals surface area contributed by atoms with E-state index in [0.29, 0.717) is 31.7 Å². The second-order valence-corrected chi connectivity index (χ2v) is 6.68. The number of benzene rings is 1. The summed E-state index contributed by atoms with van der Waals surface area (Å²) >= 11 is 0. The van der Waals surface area contributed by atoms with Crippen molar-refractivity contribution in [2.24, 2.45) is 0 Å². The minimum atomic E-state index is -0.530. The Bertz CT molecular complexity index is 629. The highest BCUT2D eigenvalue weighted by atomic mass is 19.1. The predicted octanol–water partition coefficient (Wildman–Crippen LogP) is 2.92. The lowest BCUT2D eigenvalue weighted by Gasteiger charge is -2.35. The van der Waals surface area contributed by atoms with Gasteiger partial charge in [-0.2, -0.15) is 0 Å². The summed E-state index contributed by atoms with van der Waals surface area (Å²) in [6.07, 6.45) is 2.66. The lowest BCUT2D eigenvalue weighted by atomic mass is 10.2. The second-order valence-electron chi connectivity index (χ2n) is 6.68. The SMILES string of the molecule is CC(C)(C)OC(=O)N1CCN(C(=O)C=Cc2cccc(F)c2)CC1. The lowest BCUT2D eigenvalue weighted by Crippen LogP contribution is -2.51. The number of nitrogens with zero attached hydrogens (tertiary/aromatic N) is 2. The monoisotopic (exact) mass is 334 g/mol. The Morgan fingerprint density at radius 1 is 1.12 bits per heavy atom. The molecular weight excluding hydrogens is 311 g/mol. The van der Waals surface area contributed by atoms with Gasteiger partial charge in [0.15, 0.2) is 0 Å². The van der Waals surface area contributed by atoms with E-state index in [1.54, 1.807) is 28.0 Å². The molecule has 0 bridgehead atoms. The van der Waals surface area contributed by atoms with Crippen LogP contribution >= 0.6 is 0 Å². The minimum absolute atomic E-state index is 0.150. The van der Waals surface area contributed by atoms with Crippen molar-refractivity contribution in [2.45, 2.75) is 26.4 Å². The van der Waals surface area contributed by atoms with Crippen molar-refractivity contribution in [1.82, 2.24) is 9.80 Å². The molecule has 0 atom stereocenters. The third-order valence-electron chi connectivity index (χ3n) is 3.51. The van der Waals surface area contributed by atoms with Crippen LogP contribution in [0.4, 0.5) is 9.18 Å². The van der Waals surface area contributed by atoms with Crippen molar-refractivity contribution >= 4 is 18.1 Å². The third kappa shape index (κ3) is 5.37. The van der Waals surface area contributed by atoms with Crippen molar-refractivity contribution in [3.05, 3.63) is 41.7 Å². The molecule has 2 amide bonds. The van der Waals surface area contributed by atoms with Crippen LogP contribution in [0.1, 0.15) is 26.3 Å². The Kier molecular flexibility index (Phi) is 5.59. The fourth-order valence-electron chi connectivity index (χ4n) is 2.32. The van der Waals surface area contributed by atoms with E-state index in [-0.39, 0.29) is 17.8 Å². The normalized spacial score (nSPS) is 15.7. The third-order valence-corrected chi connectivity index (χ3v) is 3.51.